The Balaban J connectivity index is 0.00000420. The number of methoxy groups -OCH3 is 1. The minimum absolute atomic E-state index is 0. The Hall–Kier alpha value is -1.74. The van der Waals surface area contributed by atoms with Crippen LogP contribution < -0.4 is 15.4 Å². The molecule has 7 heteroatoms. The Labute approximate surface area is 191 Å². The largest absolute Gasteiger partial charge is 0.497 e. The second-order valence-corrected chi connectivity index (χ2v) is 7.85. The van der Waals surface area contributed by atoms with Crippen LogP contribution in [0.1, 0.15) is 44.8 Å². The maximum absolute atomic E-state index is 10.7. The highest BCUT2D eigenvalue weighted by Crippen LogP contribution is 2.26. The number of nitrogens with one attached hydrogen (secondary N) is 2. The molecule has 2 aromatic rings. The highest BCUT2D eigenvalue weighted by atomic mass is 127. The Morgan fingerprint density at radius 3 is 2.28 bits per heavy atom. The standard InChI is InChI=1S/C22H33N3O3.HI/c1-7-23-20(25-15-22(5,26)19-13-8-16(2)28-19)24-14-21(3,4)17-9-11-18(27-6)12-10-17;/h8-13,26H,7,14-15H2,1-6H3,(H2,23,24,25);1H. The van der Waals surface area contributed by atoms with Crippen LogP contribution in [0.5, 0.6) is 5.75 Å². The van der Waals surface area contributed by atoms with E-state index in [0.717, 1.165) is 18.1 Å². The van der Waals surface area contributed by atoms with E-state index in [1.54, 1.807) is 20.1 Å². The van der Waals surface area contributed by atoms with E-state index in [1.807, 2.05) is 32.0 Å². The molecule has 1 aromatic carbocycles. The first-order valence-electron chi connectivity index (χ1n) is 9.64. The molecule has 0 fully saturated rings. The molecule has 29 heavy (non-hydrogen) atoms. The number of benzene rings is 1. The molecule has 1 unspecified atom stereocenters. The zero-order valence-electron chi connectivity index (χ0n) is 18.2. The van der Waals surface area contributed by atoms with Gasteiger partial charge in [-0.1, -0.05) is 26.0 Å². The smallest absolute Gasteiger partial charge is 0.191 e. The summed E-state index contributed by atoms with van der Waals surface area (Å²) in [6, 6.07) is 11.7. The summed E-state index contributed by atoms with van der Waals surface area (Å²) in [6.45, 7) is 11.5. The van der Waals surface area contributed by atoms with Crippen LogP contribution in [0.3, 0.4) is 0 Å². The second kappa shape index (κ2) is 10.9. The molecule has 1 heterocycles. The summed E-state index contributed by atoms with van der Waals surface area (Å²) in [7, 11) is 1.66. The van der Waals surface area contributed by atoms with Gasteiger partial charge in [-0.15, -0.1) is 24.0 Å². The SMILES string of the molecule is CCNC(=NCC(C)(C)c1ccc(OC)cc1)NCC(C)(O)c1ccc(C)o1.I. The molecule has 162 valence electrons. The van der Waals surface area contributed by atoms with Crippen molar-refractivity contribution in [1.29, 1.82) is 0 Å². The first-order valence-corrected chi connectivity index (χ1v) is 9.64. The van der Waals surface area contributed by atoms with Crippen molar-refractivity contribution in [1.82, 2.24) is 10.6 Å². The third-order valence-corrected chi connectivity index (χ3v) is 4.72. The highest BCUT2D eigenvalue weighted by molar-refractivity contribution is 14.0. The predicted octanol–water partition coefficient (Wildman–Crippen LogP) is 3.96. The molecule has 3 N–H and O–H groups in total. The first-order chi connectivity index (χ1) is 13.2. The minimum Gasteiger partial charge on any atom is -0.497 e. The van der Waals surface area contributed by atoms with Crippen molar-refractivity contribution >= 4 is 29.9 Å². The summed E-state index contributed by atoms with van der Waals surface area (Å²) < 4.78 is 10.8. The molecule has 0 bridgehead atoms. The summed E-state index contributed by atoms with van der Waals surface area (Å²) >= 11 is 0. The zero-order valence-corrected chi connectivity index (χ0v) is 20.5. The zero-order chi connectivity index (χ0) is 20.8. The third-order valence-electron chi connectivity index (χ3n) is 4.72. The van der Waals surface area contributed by atoms with E-state index >= 15 is 0 Å². The molecule has 1 aromatic heterocycles. The van der Waals surface area contributed by atoms with E-state index < -0.39 is 5.60 Å². The van der Waals surface area contributed by atoms with Gasteiger partial charge in [-0.3, -0.25) is 4.99 Å². The second-order valence-electron chi connectivity index (χ2n) is 7.85. The van der Waals surface area contributed by atoms with E-state index in [2.05, 4.69) is 36.6 Å². The minimum atomic E-state index is -1.13. The van der Waals surface area contributed by atoms with E-state index in [0.29, 0.717) is 18.3 Å². The molecule has 2 rings (SSSR count). The number of aliphatic hydroxyl groups is 1. The van der Waals surface area contributed by atoms with Gasteiger partial charge in [0.2, 0.25) is 0 Å². The summed E-state index contributed by atoms with van der Waals surface area (Å²) in [4.78, 5) is 4.73. The van der Waals surface area contributed by atoms with Gasteiger partial charge < -0.3 is 24.9 Å². The van der Waals surface area contributed by atoms with Crippen molar-refractivity contribution in [2.45, 2.75) is 45.6 Å². The Bertz CT molecular complexity index is 783. The number of halogens is 1. The lowest BCUT2D eigenvalue weighted by atomic mass is 9.85. The first kappa shape index (κ1) is 25.3. The molecule has 0 aliphatic carbocycles. The lowest BCUT2D eigenvalue weighted by Gasteiger charge is -2.25. The number of hydrogen-bond donors (Lipinski definition) is 3. The fourth-order valence-electron chi connectivity index (χ4n) is 2.82. The quantitative estimate of drug-likeness (QED) is 0.282. The maximum atomic E-state index is 10.7. The lowest BCUT2D eigenvalue weighted by molar-refractivity contribution is 0.0378. The molecule has 0 saturated carbocycles. The average Bonchev–Trinajstić information content (AvgIpc) is 3.11. The Kier molecular flexibility index (Phi) is 9.48. The van der Waals surface area contributed by atoms with Gasteiger partial charge in [-0.05, 0) is 50.6 Å². The van der Waals surface area contributed by atoms with E-state index in [-0.39, 0.29) is 35.9 Å². The molecule has 6 nitrogen and oxygen atoms in total. The summed E-state index contributed by atoms with van der Waals surface area (Å²) in [6.07, 6.45) is 0. The molecular weight excluding hydrogens is 481 g/mol. The Morgan fingerprint density at radius 1 is 1.10 bits per heavy atom. The van der Waals surface area contributed by atoms with E-state index in [4.69, 9.17) is 14.1 Å². The van der Waals surface area contributed by atoms with Gasteiger partial charge in [0.1, 0.15) is 22.9 Å². The lowest BCUT2D eigenvalue weighted by Crippen LogP contribution is -2.45. The number of furan rings is 1. The number of aliphatic imine (C=N–C) groups is 1. The average molecular weight is 515 g/mol. The van der Waals surface area contributed by atoms with Gasteiger partial charge in [0, 0.05) is 12.0 Å². The van der Waals surface area contributed by atoms with Crippen molar-refractivity contribution in [2.75, 3.05) is 26.7 Å². The van der Waals surface area contributed by atoms with Gasteiger partial charge in [0.15, 0.2) is 5.96 Å². The number of hydrogen-bond acceptors (Lipinski definition) is 4. The fourth-order valence-corrected chi connectivity index (χ4v) is 2.82. The van der Waals surface area contributed by atoms with Crippen molar-refractivity contribution in [3.8, 4) is 5.75 Å². The monoisotopic (exact) mass is 515 g/mol. The van der Waals surface area contributed by atoms with Crippen molar-refractivity contribution < 1.29 is 14.3 Å². The topological polar surface area (TPSA) is 79.0 Å². The molecule has 0 amide bonds. The van der Waals surface area contributed by atoms with Crippen molar-refractivity contribution in [3.05, 3.63) is 53.5 Å². The van der Waals surface area contributed by atoms with Crippen LogP contribution in [0.25, 0.3) is 0 Å². The molecule has 0 saturated heterocycles. The van der Waals surface area contributed by atoms with Crippen LogP contribution >= 0.6 is 24.0 Å². The fraction of sp³-hybridized carbons (Fsp3) is 0.500. The van der Waals surface area contributed by atoms with Crippen LogP contribution in [0.2, 0.25) is 0 Å². The number of guanidine groups is 1. The normalized spacial score (nSPS) is 14.0. The summed E-state index contributed by atoms with van der Waals surface area (Å²) in [5, 5.41) is 17.2. The van der Waals surface area contributed by atoms with Crippen LogP contribution in [0.15, 0.2) is 45.8 Å². The molecule has 0 aliphatic rings. The molecule has 0 radical (unpaired) electrons. The molecule has 1 atom stereocenters. The van der Waals surface area contributed by atoms with Crippen LogP contribution in [-0.4, -0.2) is 37.8 Å². The Morgan fingerprint density at radius 2 is 1.76 bits per heavy atom. The molecule has 0 spiro atoms. The van der Waals surface area contributed by atoms with Gasteiger partial charge in [0.05, 0.1) is 20.2 Å². The van der Waals surface area contributed by atoms with Gasteiger partial charge >= 0.3 is 0 Å². The molecule has 0 aliphatic heterocycles. The van der Waals surface area contributed by atoms with E-state index in [9.17, 15) is 5.11 Å². The van der Waals surface area contributed by atoms with Crippen molar-refractivity contribution in [3.63, 3.8) is 0 Å². The summed E-state index contributed by atoms with van der Waals surface area (Å²) in [5.74, 6) is 2.81. The van der Waals surface area contributed by atoms with E-state index in [1.165, 1.54) is 5.56 Å². The number of aryl methyl sites for hydroxylation is 1. The highest BCUT2D eigenvalue weighted by Gasteiger charge is 2.27. The maximum Gasteiger partial charge on any atom is 0.191 e. The number of rotatable bonds is 8. The van der Waals surface area contributed by atoms with Gasteiger partial charge in [0.25, 0.3) is 0 Å². The molecular formula is C22H34IN3O3. The number of ether oxygens (including phenoxy) is 1. The third kappa shape index (κ3) is 7.22. The van der Waals surface area contributed by atoms with Crippen LogP contribution in [-0.2, 0) is 11.0 Å². The van der Waals surface area contributed by atoms with Gasteiger partial charge in [-0.2, -0.15) is 0 Å². The predicted molar refractivity (Wildman–Crippen MR) is 128 cm³/mol. The number of nitrogens with zero attached hydrogens (tertiary/aromatic N) is 1. The summed E-state index contributed by atoms with van der Waals surface area (Å²) in [5.41, 5.74) is -0.0865. The van der Waals surface area contributed by atoms with Crippen LogP contribution in [0.4, 0.5) is 0 Å². The van der Waals surface area contributed by atoms with Crippen molar-refractivity contribution in [2.24, 2.45) is 4.99 Å². The van der Waals surface area contributed by atoms with Crippen LogP contribution in [0, 0.1) is 6.92 Å². The van der Waals surface area contributed by atoms with Gasteiger partial charge in [-0.25, -0.2) is 0 Å².